The summed E-state index contributed by atoms with van der Waals surface area (Å²) in [5.74, 6) is 1.36. The Morgan fingerprint density at radius 2 is 2.08 bits per heavy atom. The molecule has 2 aromatic heterocycles. The Hall–Kier alpha value is -2.38. The molecule has 2 heterocycles. The zero-order valence-electron chi connectivity index (χ0n) is 14.8. The van der Waals surface area contributed by atoms with Gasteiger partial charge in [-0.05, 0) is 36.6 Å². The number of nitrogens with zero attached hydrogens (tertiary/aromatic N) is 1. The van der Waals surface area contributed by atoms with Crippen LogP contribution in [0.4, 0.5) is 0 Å². The molecule has 1 atom stereocenters. The van der Waals surface area contributed by atoms with E-state index in [9.17, 15) is 4.79 Å². The van der Waals surface area contributed by atoms with E-state index < -0.39 is 0 Å². The summed E-state index contributed by atoms with van der Waals surface area (Å²) in [6.45, 7) is 1.92. The Kier molecular flexibility index (Phi) is 5.90. The molecule has 0 aliphatic carbocycles. The van der Waals surface area contributed by atoms with Crippen LogP contribution < -0.4 is 14.8 Å². The molecule has 0 aliphatic rings. The van der Waals surface area contributed by atoms with Gasteiger partial charge >= 0.3 is 0 Å². The highest BCUT2D eigenvalue weighted by Gasteiger charge is 2.16. The van der Waals surface area contributed by atoms with Gasteiger partial charge in [0.2, 0.25) is 5.91 Å². The second-order valence-electron chi connectivity index (χ2n) is 5.70. The smallest absolute Gasteiger partial charge is 0.226 e. The lowest BCUT2D eigenvalue weighted by Gasteiger charge is -2.18. The summed E-state index contributed by atoms with van der Waals surface area (Å²) in [5, 5.41) is 7.91. The minimum absolute atomic E-state index is 0.0783. The van der Waals surface area contributed by atoms with Crippen molar-refractivity contribution < 1.29 is 14.3 Å². The highest BCUT2D eigenvalue weighted by molar-refractivity contribution is 7.20. The second kappa shape index (κ2) is 8.33. The first-order valence-corrected chi connectivity index (χ1v) is 9.86. The number of benzene rings is 1. The van der Waals surface area contributed by atoms with Gasteiger partial charge < -0.3 is 14.8 Å². The Labute approximate surface area is 160 Å². The number of aromatic nitrogens is 1. The highest BCUT2D eigenvalue weighted by atomic mass is 32.1. The Morgan fingerprint density at radius 3 is 2.77 bits per heavy atom. The van der Waals surface area contributed by atoms with Gasteiger partial charge in [-0.2, -0.15) is 0 Å². The molecule has 0 bridgehead atoms. The van der Waals surface area contributed by atoms with Gasteiger partial charge in [-0.25, -0.2) is 4.98 Å². The number of carbonyl (C=O) groups excluding carboxylic acids is 1. The topological polar surface area (TPSA) is 60.5 Å². The predicted molar refractivity (Wildman–Crippen MR) is 105 cm³/mol. The Morgan fingerprint density at radius 1 is 1.23 bits per heavy atom. The van der Waals surface area contributed by atoms with Crippen molar-refractivity contribution in [2.24, 2.45) is 0 Å². The highest BCUT2D eigenvalue weighted by Crippen LogP contribution is 2.30. The molecular formula is C19H20N2O3S2. The molecule has 0 saturated carbocycles. The second-order valence-corrected chi connectivity index (χ2v) is 7.50. The lowest BCUT2D eigenvalue weighted by atomic mass is 10.1. The van der Waals surface area contributed by atoms with Crippen LogP contribution in [-0.2, 0) is 11.2 Å². The van der Waals surface area contributed by atoms with Crippen molar-refractivity contribution >= 4 is 28.6 Å². The van der Waals surface area contributed by atoms with E-state index in [1.807, 2.05) is 48.0 Å². The fraction of sp³-hybridized carbons (Fsp3) is 0.263. The summed E-state index contributed by atoms with van der Waals surface area (Å²) in [6.07, 6.45) is 0.249. The van der Waals surface area contributed by atoms with Crippen LogP contribution in [0.2, 0.25) is 0 Å². The lowest BCUT2D eigenvalue weighted by molar-refractivity contribution is -0.121. The predicted octanol–water partition coefficient (Wildman–Crippen LogP) is 4.31. The first-order chi connectivity index (χ1) is 12.6. The van der Waals surface area contributed by atoms with E-state index in [-0.39, 0.29) is 18.4 Å². The zero-order chi connectivity index (χ0) is 18.5. The number of thiophene rings is 1. The maximum Gasteiger partial charge on any atom is 0.226 e. The standard InChI is InChI=1S/C19H20N2O3S2/c1-12(15-10-14(23-2)6-7-16(15)24-3)20-18(22)9-13-11-26-19(21-13)17-5-4-8-25-17/h4-8,10-12H,9H2,1-3H3,(H,20,22). The number of hydrogen-bond acceptors (Lipinski definition) is 6. The first kappa shape index (κ1) is 18.4. The van der Waals surface area contributed by atoms with Gasteiger partial charge in [-0.1, -0.05) is 6.07 Å². The van der Waals surface area contributed by atoms with E-state index in [2.05, 4.69) is 10.3 Å². The van der Waals surface area contributed by atoms with Crippen LogP contribution in [0.5, 0.6) is 11.5 Å². The van der Waals surface area contributed by atoms with Crippen LogP contribution in [0.25, 0.3) is 9.88 Å². The van der Waals surface area contributed by atoms with Crippen LogP contribution in [0.1, 0.15) is 24.2 Å². The van der Waals surface area contributed by atoms with Crippen LogP contribution in [-0.4, -0.2) is 25.1 Å². The number of thiazole rings is 1. The van der Waals surface area contributed by atoms with Crippen LogP contribution >= 0.6 is 22.7 Å². The average molecular weight is 389 g/mol. The van der Waals surface area contributed by atoms with E-state index in [1.54, 1.807) is 36.9 Å². The summed E-state index contributed by atoms with van der Waals surface area (Å²) in [4.78, 5) is 18.1. The number of amides is 1. The monoisotopic (exact) mass is 388 g/mol. The molecule has 0 aliphatic heterocycles. The molecule has 1 N–H and O–H groups in total. The number of methoxy groups -OCH3 is 2. The fourth-order valence-corrected chi connectivity index (χ4v) is 4.25. The molecule has 136 valence electrons. The van der Waals surface area contributed by atoms with Gasteiger partial charge in [0, 0.05) is 10.9 Å². The van der Waals surface area contributed by atoms with Crippen molar-refractivity contribution in [2.75, 3.05) is 14.2 Å². The molecule has 0 fully saturated rings. The van der Waals surface area contributed by atoms with Gasteiger partial charge in [-0.3, -0.25) is 4.79 Å². The molecule has 3 aromatic rings. The van der Waals surface area contributed by atoms with Crippen molar-refractivity contribution in [1.29, 1.82) is 0 Å². The van der Waals surface area contributed by atoms with E-state index in [1.165, 1.54) is 0 Å². The number of carbonyl (C=O) groups is 1. The van der Waals surface area contributed by atoms with E-state index in [0.29, 0.717) is 5.75 Å². The third kappa shape index (κ3) is 4.23. The molecular weight excluding hydrogens is 368 g/mol. The normalized spacial score (nSPS) is 11.8. The molecule has 1 amide bonds. The van der Waals surface area contributed by atoms with Crippen molar-refractivity contribution in [3.63, 3.8) is 0 Å². The molecule has 26 heavy (non-hydrogen) atoms. The summed E-state index contributed by atoms with van der Waals surface area (Å²) in [5.41, 5.74) is 1.65. The van der Waals surface area contributed by atoms with E-state index in [4.69, 9.17) is 9.47 Å². The molecule has 3 rings (SSSR count). The third-order valence-electron chi connectivity index (χ3n) is 3.91. The maximum absolute atomic E-state index is 12.4. The number of ether oxygens (including phenoxy) is 2. The molecule has 0 radical (unpaired) electrons. The largest absolute Gasteiger partial charge is 0.497 e. The van der Waals surface area contributed by atoms with Crippen LogP contribution in [0.15, 0.2) is 41.1 Å². The first-order valence-electron chi connectivity index (χ1n) is 8.10. The molecule has 0 saturated heterocycles. The molecule has 5 nitrogen and oxygen atoms in total. The van der Waals surface area contributed by atoms with Crippen molar-refractivity contribution in [2.45, 2.75) is 19.4 Å². The van der Waals surface area contributed by atoms with Crippen molar-refractivity contribution in [3.8, 4) is 21.4 Å². The van der Waals surface area contributed by atoms with Crippen molar-refractivity contribution in [3.05, 3.63) is 52.3 Å². The van der Waals surface area contributed by atoms with Gasteiger partial charge in [0.1, 0.15) is 16.5 Å². The minimum Gasteiger partial charge on any atom is -0.497 e. The Balaban J connectivity index is 1.66. The quantitative estimate of drug-likeness (QED) is 0.655. The van der Waals surface area contributed by atoms with E-state index in [0.717, 1.165) is 26.9 Å². The number of hydrogen-bond donors (Lipinski definition) is 1. The van der Waals surface area contributed by atoms with E-state index >= 15 is 0 Å². The lowest BCUT2D eigenvalue weighted by Crippen LogP contribution is -2.28. The molecule has 1 unspecified atom stereocenters. The van der Waals surface area contributed by atoms with Crippen LogP contribution in [0.3, 0.4) is 0 Å². The Bertz CT molecular complexity index is 875. The average Bonchev–Trinajstić information content (AvgIpc) is 3.32. The summed E-state index contributed by atoms with van der Waals surface area (Å²) >= 11 is 3.20. The molecule has 7 heteroatoms. The van der Waals surface area contributed by atoms with Gasteiger partial charge in [0.05, 0.1) is 37.3 Å². The van der Waals surface area contributed by atoms with Crippen LogP contribution in [0, 0.1) is 0 Å². The summed E-state index contributed by atoms with van der Waals surface area (Å²) < 4.78 is 10.7. The van der Waals surface area contributed by atoms with Gasteiger partial charge in [0.25, 0.3) is 0 Å². The maximum atomic E-state index is 12.4. The third-order valence-corrected chi connectivity index (χ3v) is 5.84. The molecule has 0 spiro atoms. The van der Waals surface area contributed by atoms with Gasteiger partial charge in [0.15, 0.2) is 0 Å². The summed E-state index contributed by atoms with van der Waals surface area (Å²) in [7, 11) is 3.23. The van der Waals surface area contributed by atoms with Crippen molar-refractivity contribution in [1.82, 2.24) is 10.3 Å². The number of nitrogens with one attached hydrogen (secondary N) is 1. The zero-order valence-corrected chi connectivity index (χ0v) is 16.4. The summed E-state index contributed by atoms with van der Waals surface area (Å²) in [6, 6.07) is 9.37. The minimum atomic E-state index is -0.206. The van der Waals surface area contributed by atoms with Gasteiger partial charge in [-0.15, -0.1) is 22.7 Å². The fourth-order valence-electron chi connectivity index (χ4n) is 2.61. The SMILES string of the molecule is COc1ccc(OC)c(C(C)NC(=O)Cc2csc(-c3cccs3)n2)c1. The molecule has 1 aromatic carbocycles. The number of rotatable bonds is 7.